The highest BCUT2D eigenvalue weighted by atomic mass is 16.5. The minimum atomic E-state index is -1.06. The van der Waals surface area contributed by atoms with Gasteiger partial charge < -0.3 is 24.8 Å². The van der Waals surface area contributed by atoms with Gasteiger partial charge >= 0.3 is 0 Å². The average molecular weight is 425 g/mol. The van der Waals surface area contributed by atoms with Crippen LogP contribution in [0.5, 0.6) is 0 Å². The molecule has 164 valence electrons. The van der Waals surface area contributed by atoms with Crippen LogP contribution in [0, 0.1) is 0 Å². The number of amides is 3. The minimum absolute atomic E-state index is 0.00646. The van der Waals surface area contributed by atoms with Crippen molar-refractivity contribution in [1.29, 1.82) is 0 Å². The van der Waals surface area contributed by atoms with Crippen molar-refractivity contribution in [3.8, 4) is 0 Å². The number of hydrogen-bond acceptors (Lipinski definition) is 5. The van der Waals surface area contributed by atoms with Gasteiger partial charge in [-0.25, -0.2) is 4.98 Å². The van der Waals surface area contributed by atoms with Crippen molar-refractivity contribution in [3.63, 3.8) is 0 Å². The smallest absolute Gasteiger partial charge is 0.274 e. The lowest BCUT2D eigenvalue weighted by molar-refractivity contribution is -0.133. The molecule has 4 rings (SSSR count). The highest BCUT2D eigenvalue weighted by Gasteiger charge is 2.53. The molecule has 2 heterocycles. The third-order valence-corrected chi connectivity index (χ3v) is 5.77. The van der Waals surface area contributed by atoms with Crippen molar-refractivity contribution in [3.05, 3.63) is 53.6 Å². The Morgan fingerprint density at radius 1 is 1.23 bits per heavy atom. The van der Waals surface area contributed by atoms with E-state index < -0.39 is 11.4 Å². The molecule has 1 aromatic heterocycles. The molecule has 1 aromatic carbocycles. The van der Waals surface area contributed by atoms with E-state index in [1.165, 1.54) is 6.33 Å². The van der Waals surface area contributed by atoms with E-state index in [1.54, 1.807) is 23.5 Å². The zero-order valence-electron chi connectivity index (χ0n) is 17.8. The number of imidazole rings is 1. The molecule has 0 saturated heterocycles. The van der Waals surface area contributed by atoms with E-state index in [0.29, 0.717) is 19.7 Å². The second-order valence-corrected chi connectivity index (χ2v) is 8.17. The zero-order valence-corrected chi connectivity index (χ0v) is 17.8. The summed E-state index contributed by atoms with van der Waals surface area (Å²) in [5, 5.41) is 5.69. The van der Waals surface area contributed by atoms with Gasteiger partial charge in [0.25, 0.3) is 11.8 Å². The second kappa shape index (κ2) is 8.50. The monoisotopic (exact) mass is 425 g/mol. The molecule has 31 heavy (non-hydrogen) atoms. The van der Waals surface area contributed by atoms with Crippen molar-refractivity contribution < 1.29 is 19.1 Å². The minimum Gasteiger partial charge on any atom is -0.383 e. The SMILES string of the molecule is COCCNC(=O)c1ncn2c1C(=O)N(C1CC1)C(C)(C(=O)NCc1ccccc1)C2. The summed E-state index contributed by atoms with van der Waals surface area (Å²) in [4.78, 5) is 45.2. The summed E-state index contributed by atoms with van der Waals surface area (Å²) in [7, 11) is 1.55. The zero-order chi connectivity index (χ0) is 22.0. The number of hydrogen-bond donors (Lipinski definition) is 2. The molecule has 9 nitrogen and oxygen atoms in total. The summed E-state index contributed by atoms with van der Waals surface area (Å²) in [5.41, 5.74) is 0.233. The Labute approximate surface area is 180 Å². The molecule has 1 atom stereocenters. The fourth-order valence-electron chi connectivity index (χ4n) is 4.04. The van der Waals surface area contributed by atoms with Crippen LogP contribution in [0.1, 0.15) is 46.3 Å². The molecule has 1 fully saturated rings. The molecule has 0 radical (unpaired) electrons. The Balaban J connectivity index is 1.58. The number of fused-ring (bicyclic) bond motifs is 1. The van der Waals surface area contributed by atoms with E-state index in [4.69, 9.17) is 4.74 Å². The van der Waals surface area contributed by atoms with E-state index in [-0.39, 0.29) is 35.8 Å². The Morgan fingerprint density at radius 3 is 2.65 bits per heavy atom. The number of ether oxygens (including phenoxy) is 1. The molecule has 1 unspecified atom stereocenters. The van der Waals surface area contributed by atoms with Crippen molar-refractivity contribution in [1.82, 2.24) is 25.1 Å². The van der Waals surface area contributed by atoms with Gasteiger partial charge in [-0.05, 0) is 25.3 Å². The van der Waals surface area contributed by atoms with Crippen molar-refractivity contribution in [2.24, 2.45) is 0 Å². The number of carbonyl (C=O) groups is 3. The van der Waals surface area contributed by atoms with Gasteiger partial charge in [0.2, 0.25) is 5.91 Å². The van der Waals surface area contributed by atoms with Gasteiger partial charge in [-0.2, -0.15) is 0 Å². The van der Waals surface area contributed by atoms with E-state index >= 15 is 0 Å². The topological polar surface area (TPSA) is 106 Å². The van der Waals surface area contributed by atoms with Crippen LogP contribution in [0.3, 0.4) is 0 Å². The lowest BCUT2D eigenvalue weighted by Crippen LogP contribution is -2.64. The maximum absolute atomic E-state index is 13.5. The van der Waals surface area contributed by atoms with Crippen LogP contribution < -0.4 is 10.6 Å². The summed E-state index contributed by atoms with van der Waals surface area (Å²) < 4.78 is 6.57. The van der Waals surface area contributed by atoms with Gasteiger partial charge in [0, 0.05) is 26.2 Å². The fraction of sp³-hybridized carbons (Fsp3) is 0.455. The molecule has 2 aromatic rings. The lowest BCUT2D eigenvalue weighted by Gasteiger charge is -2.44. The summed E-state index contributed by atoms with van der Waals surface area (Å²) in [6.45, 7) is 3.09. The predicted octanol–water partition coefficient (Wildman–Crippen LogP) is 0.953. The van der Waals surface area contributed by atoms with Crippen LogP contribution in [0.2, 0.25) is 0 Å². The van der Waals surface area contributed by atoms with E-state index in [2.05, 4.69) is 15.6 Å². The Kier molecular flexibility index (Phi) is 5.77. The van der Waals surface area contributed by atoms with Crippen LogP contribution in [0.25, 0.3) is 0 Å². The Hall–Kier alpha value is -3.20. The number of nitrogens with one attached hydrogen (secondary N) is 2. The molecular formula is C22H27N5O4. The molecule has 0 bridgehead atoms. The van der Waals surface area contributed by atoms with Crippen LogP contribution in [0.4, 0.5) is 0 Å². The average Bonchev–Trinajstić information content (AvgIpc) is 3.50. The fourth-order valence-corrected chi connectivity index (χ4v) is 4.04. The summed E-state index contributed by atoms with van der Waals surface area (Å²) in [5.74, 6) is -0.977. The molecule has 0 spiro atoms. The first-order chi connectivity index (χ1) is 15.0. The first-order valence-electron chi connectivity index (χ1n) is 10.4. The van der Waals surface area contributed by atoms with Gasteiger partial charge in [-0.3, -0.25) is 14.4 Å². The summed E-state index contributed by atoms with van der Waals surface area (Å²) in [6, 6.07) is 9.63. The van der Waals surface area contributed by atoms with Gasteiger partial charge in [0.05, 0.1) is 19.5 Å². The summed E-state index contributed by atoms with van der Waals surface area (Å²) in [6.07, 6.45) is 3.15. The number of aromatic nitrogens is 2. The maximum Gasteiger partial charge on any atom is 0.274 e. The highest BCUT2D eigenvalue weighted by Crippen LogP contribution is 2.38. The Bertz CT molecular complexity index is 985. The quantitative estimate of drug-likeness (QED) is 0.613. The van der Waals surface area contributed by atoms with Crippen LogP contribution in [-0.4, -0.2) is 64.0 Å². The number of benzene rings is 1. The molecule has 9 heteroatoms. The van der Waals surface area contributed by atoms with Gasteiger partial charge in [0.15, 0.2) is 5.69 Å². The lowest BCUT2D eigenvalue weighted by atomic mass is 9.93. The van der Waals surface area contributed by atoms with Gasteiger partial charge in [0.1, 0.15) is 11.2 Å². The normalized spacial score (nSPS) is 20.3. The highest BCUT2D eigenvalue weighted by molar-refractivity contribution is 6.07. The third-order valence-electron chi connectivity index (χ3n) is 5.77. The standard InChI is InChI=1S/C22H27N5O4/c1-22(21(30)24-12-15-6-4-3-5-7-15)13-26-14-25-17(19(28)23-10-11-31-2)18(26)20(29)27(22)16-8-9-16/h3-7,14,16H,8-13H2,1-2H3,(H,23,28)(H,24,30). The van der Waals surface area contributed by atoms with Crippen molar-refractivity contribution >= 4 is 17.7 Å². The Morgan fingerprint density at radius 2 is 1.97 bits per heavy atom. The first kappa shape index (κ1) is 21.0. The van der Waals surface area contributed by atoms with Crippen molar-refractivity contribution in [2.75, 3.05) is 20.3 Å². The molecule has 3 amide bonds. The van der Waals surface area contributed by atoms with Crippen molar-refractivity contribution in [2.45, 2.75) is 44.4 Å². The van der Waals surface area contributed by atoms with E-state index in [9.17, 15) is 14.4 Å². The molecule has 2 N–H and O–H groups in total. The molecule has 1 aliphatic heterocycles. The van der Waals surface area contributed by atoms with Crippen LogP contribution >= 0.6 is 0 Å². The third kappa shape index (κ3) is 4.05. The predicted molar refractivity (Wildman–Crippen MR) is 112 cm³/mol. The number of carbonyl (C=O) groups excluding carboxylic acids is 3. The largest absolute Gasteiger partial charge is 0.383 e. The maximum atomic E-state index is 13.5. The first-order valence-corrected chi connectivity index (χ1v) is 10.4. The van der Waals surface area contributed by atoms with Gasteiger partial charge in [-0.1, -0.05) is 30.3 Å². The molecular weight excluding hydrogens is 398 g/mol. The molecule has 2 aliphatic rings. The molecule has 1 aliphatic carbocycles. The van der Waals surface area contributed by atoms with E-state index in [1.807, 2.05) is 30.3 Å². The van der Waals surface area contributed by atoms with Crippen LogP contribution in [-0.2, 0) is 22.6 Å². The van der Waals surface area contributed by atoms with E-state index in [0.717, 1.165) is 18.4 Å². The van der Waals surface area contributed by atoms with Crippen LogP contribution in [0.15, 0.2) is 36.7 Å². The second-order valence-electron chi connectivity index (χ2n) is 8.17. The number of rotatable bonds is 8. The summed E-state index contributed by atoms with van der Waals surface area (Å²) >= 11 is 0. The van der Waals surface area contributed by atoms with Gasteiger partial charge in [-0.15, -0.1) is 0 Å². The number of methoxy groups -OCH3 is 1. The number of nitrogens with zero attached hydrogens (tertiary/aromatic N) is 3. The molecule has 1 saturated carbocycles.